The van der Waals surface area contributed by atoms with Crippen molar-refractivity contribution < 1.29 is 5.11 Å². The van der Waals surface area contributed by atoms with Gasteiger partial charge in [-0.3, -0.25) is 0 Å². The Kier molecular flexibility index (Phi) is 5.77. The average molecular weight is 227 g/mol. The zero-order chi connectivity index (χ0) is 12.0. The SMILES string of the molecule is CCCCC[C@@]1(O)CCCC[C@@H]1CN(C)C. The molecule has 1 fully saturated rings. The van der Waals surface area contributed by atoms with Gasteiger partial charge in [0.2, 0.25) is 0 Å². The number of unbranched alkanes of at least 4 members (excludes halogenated alkanes) is 2. The Labute approximate surface area is 101 Å². The highest BCUT2D eigenvalue weighted by molar-refractivity contribution is 4.90. The van der Waals surface area contributed by atoms with Crippen molar-refractivity contribution in [2.45, 2.75) is 63.9 Å². The van der Waals surface area contributed by atoms with Crippen molar-refractivity contribution in [1.82, 2.24) is 4.90 Å². The van der Waals surface area contributed by atoms with Crippen LogP contribution < -0.4 is 0 Å². The molecule has 0 amide bonds. The van der Waals surface area contributed by atoms with Crippen LogP contribution in [-0.4, -0.2) is 36.2 Å². The number of hydrogen-bond acceptors (Lipinski definition) is 2. The second kappa shape index (κ2) is 6.61. The smallest absolute Gasteiger partial charge is 0.0688 e. The molecular weight excluding hydrogens is 198 g/mol. The van der Waals surface area contributed by atoms with Crippen molar-refractivity contribution in [3.05, 3.63) is 0 Å². The van der Waals surface area contributed by atoms with E-state index >= 15 is 0 Å². The van der Waals surface area contributed by atoms with Gasteiger partial charge in [-0.15, -0.1) is 0 Å². The van der Waals surface area contributed by atoms with Gasteiger partial charge in [-0.1, -0.05) is 39.0 Å². The van der Waals surface area contributed by atoms with Crippen LogP contribution in [0.1, 0.15) is 58.3 Å². The summed E-state index contributed by atoms with van der Waals surface area (Å²) >= 11 is 0. The highest BCUT2D eigenvalue weighted by Crippen LogP contribution is 2.37. The van der Waals surface area contributed by atoms with Gasteiger partial charge in [-0.2, -0.15) is 0 Å². The molecule has 1 aliphatic rings. The maximum atomic E-state index is 10.8. The fourth-order valence-corrected chi connectivity index (χ4v) is 3.01. The zero-order valence-corrected chi connectivity index (χ0v) is 11.3. The molecule has 0 heterocycles. The van der Waals surface area contributed by atoms with Crippen LogP contribution in [0.15, 0.2) is 0 Å². The Morgan fingerprint density at radius 2 is 2.00 bits per heavy atom. The first-order valence-electron chi connectivity index (χ1n) is 6.95. The molecule has 1 rings (SSSR count). The van der Waals surface area contributed by atoms with Crippen LogP contribution in [-0.2, 0) is 0 Å². The fraction of sp³-hybridized carbons (Fsp3) is 1.00. The highest BCUT2D eigenvalue weighted by atomic mass is 16.3. The molecule has 0 radical (unpaired) electrons. The third-order valence-electron chi connectivity index (χ3n) is 3.97. The van der Waals surface area contributed by atoms with Gasteiger partial charge in [0.1, 0.15) is 0 Å². The molecule has 0 saturated heterocycles. The van der Waals surface area contributed by atoms with Gasteiger partial charge in [0, 0.05) is 12.5 Å². The average Bonchev–Trinajstić information content (AvgIpc) is 2.22. The first-order chi connectivity index (χ1) is 7.58. The lowest BCUT2D eigenvalue weighted by Gasteiger charge is -2.41. The van der Waals surface area contributed by atoms with Gasteiger partial charge in [-0.05, 0) is 33.4 Å². The molecular formula is C14H29NO. The number of nitrogens with zero attached hydrogens (tertiary/aromatic N) is 1. The fourth-order valence-electron chi connectivity index (χ4n) is 3.01. The van der Waals surface area contributed by atoms with Gasteiger partial charge >= 0.3 is 0 Å². The largest absolute Gasteiger partial charge is 0.390 e. The molecule has 0 aromatic heterocycles. The number of hydrogen-bond donors (Lipinski definition) is 1. The first kappa shape index (κ1) is 14.0. The van der Waals surface area contributed by atoms with Gasteiger partial charge in [0.15, 0.2) is 0 Å². The molecule has 96 valence electrons. The van der Waals surface area contributed by atoms with Gasteiger partial charge in [0.25, 0.3) is 0 Å². The summed E-state index contributed by atoms with van der Waals surface area (Å²) in [6.07, 6.45) is 9.46. The Morgan fingerprint density at radius 1 is 1.25 bits per heavy atom. The maximum absolute atomic E-state index is 10.8. The van der Waals surface area contributed by atoms with Crippen LogP contribution >= 0.6 is 0 Å². The normalized spacial score (nSPS) is 30.9. The highest BCUT2D eigenvalue weighted by Gasteiger charge is 2.38. The summed E-state index contributed by atoms with van der Waals surface area (Å²) < 4.78 is 0. The second-order valence-corrected chi connectivity index (χ2v) is 5.77. The molecule has 0 spiro atoms. The van der Waals surface area contributed by atoms with Gasteiger partial charge in [-0.25, -0.2) is 0 Å². The molecule has 1 aliphatic carbocycles. The van der Waals surface area contributed by atoms with E-state index in [-0.39, 0.29) is 5.60 Å². The third-order valence-corrected chi connectivity index (χ3v) is 3.97. The lowest BCUT2D eigenvalue weighted by atomic mass is 9.72. The van der Waals surface area contributed by atoms with Crippen molar-refractivity contribution in [1.29, 1.82) is 0 Å². The van der Waals surface area contributed by atoms with Gasteiger partial charge < -0.3 is 10.0 Å². The molecule has 1 N–H and O–H groups in total. The van der Waals surface area contributed by atoms with Crippen molar-refractivity contribution in [2.24, 2.45) is 5.92 Å². The van der Waals surface area contributed by atoms with E-state index in [0.717, 1.165) is 19.4 Å². The Balaban J connectivity index is 2.49. The number of rotatable bonds is 6. The van der Waals surface area contributed by atoms with E-state index in [9.17, 15) is 5.11 Å². The van der Waals surface area contributed by atoms with Crippen molar-refractivity contribution in [3.63, 3.8) is 0 Å². The van der Waals surface area contributed by atoms with Crippen LogP contribution in [0.2, 0.25) is 0 Å². The monoisotopic (exact) mass is 227 g/mol. The van der Waals surface area contributed by atoms with E-state index in [2.05, 4.69) is 25.9 Å². The minimum atomic E-state index is -0.363. The molecule has 0 bridgehead atoms. The summed E-state index contributed by atoms with van der Waals surface area (Å²) in [6, 6.07) is 0. The maximum Gasteiger partial charge on any atom is 0.0688 e. The summed E-state index contributed by atoms with van der Waals surface area (Å²) in [5, 5.41) is 10.8. The zero-order valence-electron chi connectivity index (χ0n) is 11.3. The standard InChI is InChI=1S/C14H29NO/c1-4-5-7-10-14(16)11-8-6-9-13(14)12-15(2)3/h13,16H,4-12H2,1-3H3/t13-,14-/m1/s1. The predicted molar refractivity (Wildman–Crippen MR) is 69.6 cm³/mol. The second-order valence-electron chi connectivity index (χ2n) is 5.77. The lowest BCUT2D eigenvalue weighted by Crippen LogP contribution is -2.45. The van der Waals surface area contributed by atoms with Crippen molar-refractivity contribution in [2.75, 3.05) is 20.6 Å². The van der Waals surface area contributed by atoms with Crippen LogP contribution in [0, 0.1) is 5.92 Å². The quantitative estimate of drug-likeness (QED) is 0.705. The molecule has 2 heteroatoms. The van der Waals surface area contributed by atoms with Crippen molar-refractivity contribution >= 4 is 0 Å². The van der Waals surface area contributed by atoms with Crippen LogP contribution in [0.25, 0.3) is 0 Å². The summed E-state index contributed by atoms with van der Waals surface area (Å²) in [7, 11) is 4.22. The molecule has 0 aliphatic heterocycles. The predicted octanol–water partition coefficient (Wildman–Crippen LogP) is 3.05. The Morgan fingerprint density at radius 3 is 2.62 bits per heavy atom. The van der Waals surface area contributed by atoms with Crippen LogP contribution in [0.4, 0.5) is 0 Å². The van der Waals surface area contributed by atoms with E-state index in [4.69, 9.17) is 0 Å². The summed E-state index contributed by atoms with van der Waals surface area (Å²) in [5.74, 6) is 0.494. The minimum Gasteiger partial charge on any atom is -0.390 e. The lowest BCUT2D eigenvalue weighted by molar-refractivity contribution is -0.0635. The third kappa shape index (κ3) is 4.06. The molecule has 1 saturated carbocycles. The van der Waals surface area contributed by atoms with Crippen LogP contribution in [0.3, 0.4) is 0 Å². The van der Waals surface area contributed by atoms with E-state index < -0.39 is 0 Å². The topological polar surface area (TPSA) is 23.5 Å². The Hall–Kier alpha value is -0.0800. The number of aliphatic hydroxyl groups is 1. The van der Waals surface area contributed by atoms with E-state index in [1.54, 1.807) is 0 Å². The molecule has 16 heavy (non-hydrogen) atoms. The summed E-state index contributed by atoms with van der Waals surface area (Å²) in [4.78, 5) is 2.22. The summed E-state index contributed by atoms with van der Waals surface area (Å²) in [6.45, 7) is 3.27. The van der Waals surface area contributed by atoms with E-state index in [1.807, 2.05) is 0 Å². The molecule has 0 unspecified atom stereocenters. The Bertz CT molecular complexity index is 193. The molecule has 2 nitrogen and oxygen atoms in total. The minimum absolute atomic E-state index is 0.363. The summed E-state index contributed by atoms with van der Waals surface area (Å²) in [5.41, 5.74) is -0.363. The van der Waals surface area contributed by atoms with E-state index in [0.29, 0.717) is 5.92 Å². The van der Waals surface area contributed by atoms with Crippen molar-refractivity contribution in [3.8, 4) is 0 Å². The molecule has 2 atom stereocenters. The van der Waals surface area contributed by atoms with Crippen LogP contribution in [0.5, 0.6) is 0 Å². The molecule has 0 aromatic carbocycles. The molecule has 0 aromatic rings. The first-order valence-corrected chi connectivity index (χ1v) is 6.95. The van der Waals surface area contributed by atoms with E-state index in [1.165, 1.54) is 38.5 Å². The van der Waals surface area contributed by atoms with Gasteiger partial charge in [0.05, 0.1) is 5.60 Å².